The van der Waals surface area contributed by atoms with Crippen LogP contribution in [0.4, 0.5) is 11.4 Å². The van der Waals surface area contributed by atoms with E-state index >= 15 is 0 Å². The van der Waals surface area contributed by atoms with Gasteiger partial charge in [-0.2, -0.15) is 0 Å². The normalized spacial score (nSPS) is 18.2. The summed E-state index contributed by atoms with van der Waals surface area (Å²) in [6.07, 6.45) is 1.55. The van der Waals surface area contributed by atoms with Crippen molar-refractivity contribution >= 4 is 46.6 Å². The first-order valence-corrected chi connectivity index (χ1v) is 10.8. The number of aryl methyl sites for hydroxylation is 2. The number of hydrogen-bond acceptors (Lipinski definition) is 6. The van der Waals surface area contributed by atoms with E-state index in [-0.39, 0.29) is 10.7 Å². The van der Waals surface area contributed by atoms with Crippen LogP contribution in [-0.2, 0) is 14.3 Å². The lowest BCUT2D eigenvalue weighted by molar-refractivity contribution is -0.122. The van der Waals surface area contributed by atoms with E-state index in [0.29, 0.717) is 30.2 Å². The van der Waals surface area contributed by atoms with Gasteiger partial charge < -0.3 is 14.4 Å². The maximum atomic E-state index is 13.3. The molecule has 0 atom stereocenters. The summed E-state index contributed by atoms with van der Waals surface area (Å²) >= 11 is 5.30. The quantitative estimate of drug-likeness (QED) is 0.438. The van der Waals surface area contributed by atoms with Gasteiger partial charge in [0.1, 0.15) is 11.3 Å². The molecule has 8 heteroatoms. The molecule has 0 radical (unpaired) electrons. The van der Waals surface area contributed by atoms with Gasteiger partial charge in [0, 0.05) is 30.4 Å². The van der Waals surface area contributed by atoms with E-state index in [1.54, 1.807) is 13.2 Å². The van der Waals surface area contributed by atoms with Crippen LogP contribution in [0, 0.1) is 13.8 Å². The van der Waals surface area contributed by atoms with Crippen molar-refractivity contribution < 1.29 is 19.1 Å². The van der Waals surface area contributed by atoms with Gasteiger partial charge in [-0.05, 0) is 67.5 Å². The zero-order chi connectivity index (χ0) is 22.8. The Morgan fingerprint density at radius 3 is 2.44 bits per heavy atom. The van der Waals surface area contributed by atoms with Crippen molar-refractivity contribution in [3.8, 4) is 5.75 Å². The van der Waals surface area contributed by atoms with Gasteiger partial charge in [-0.1, -0.05) is 6.07 Å². The fraction of sp³-hybridized carbons (Fsp3) is 0.292. The lowest BCUT2D eigenvalue weighted by atomic mass is 10.0. The molecule has 0 unspecified atom stereocenters. The molecule has 7 nitrogen and oxygen atoms in total. The summed E-state index contributed by atoms with van der Waals surface area (Å²) in [4.78, 5) is 29.5. The molecule has 4 rings (SSSR count). The summed E-state index contributed by atoms with van der Waals surface area (Å²) in [6.45, 7) is 6.91. The van der Waals surface area contributed by atoms with E-state index in [0.717, 1.165) is 29.9 Å². The fourth-order valence-corrected chi connectivity index (χ4v) is 4.03. The molecule has 1 N–H and O–H groups in total. The van der Waals surface area contributed by atoms with Gasteiger partial charge in [0.2, 0.25) is 0 Å². The Morgan fingerprint density at radius 2 is 1.75 bits per heavy atom. The van der Waals surface area contributed by atoms with Gasteiger partial charge in [-0.3, -0.25) is 19.8 Å². The van der Waals surface area contributed by atoms with Crippen LogP contribution in [0.1, 0.15) is 16.7 Å². The monoisotopic (exact) mass is 451 g/mol. The highest BCUT2D eigenvalue weighted by Crippen LogP contribution is 2.30. The number of ether oxygens (including phenoxy) is 2. The van der Waals surface area contributed by atoms with Gasteiger partial charge >= 0.3 is 0 Å². The number of rotatable bonds is 4. The summed E-state index contributed by atoms with van der Waals surface area (Å²) in [5.41, 5.74) is 4.38. The predicted molar refractivity (Wildman–Crippen MR) is 128 cm³/mol. The van der Waals surface area contributed by atoms with Crippen LogP contribution < -0.4 is 19.9 Å². The highest BCUT2D eigenvalue weighted by atomic mass is 32.1. The Bertz CT molecular complexity index is 1120. The van der Waals surface area contributed by atoms with E-state index in [4.69, 9.17) is 21.7 Å². The molecule has 2 amide bonds. The van der Waals surface area contributed by atoms with Crippen molar-refractivity contribution in [1.82, 2.24) is 5.32 Å². The second-order valence-corrected chi connectivity index (χ2v) is 8.14. The molecular formula is C24H25N3O4S. The van der Waals surface area contributed by atoms with E-state index in [2.05, 4.69) is 10.2 Å². The molecule has 0 bridgehead atoms. The average molecular weight is 452 g/mol. The van der Waals surface area contributed by atoms with Crippen molar-refractivity contribution in [3.05, 3.63) is 58.7 Å². The number of benzene rings is 2. The topological polar surface area (TPSA) is 71.1 Å². The minimum Gasteiger partial charge on any atom is -0.496 e. The number of nitrogens with one attached hydrogen (secondary N) is 1. The Kier molecular flexibility index (Phi) is 6.25. The molecule has 2 aromatic rings. The number of amides is 2. The maximum absolute atomic E-state index is 13.3. The Labute approximate surface area is 192 Å². The van der Waals surface area contributed by atoms with Crippen molar-refractivity contribution in [2.75, 3.05) is 43.2 Å². The molecule has 2 aliphatic heterocycles. The minimum absolute atomic E-state index is 0.00532. The number of morpholine rings is 1. The molecular weight excluding hydrogens is 426 g/mol. The highest BCUT2D eigenvalue weighted by Gasteiger charge is 2.34. The number of thiocarbonyl (C=S) groups is 1. The van der Waals surface area contributed by atoms with Crippen LogP contribution in [0.25, 0.3) is 6.08 Å². The second-order valence-electron chi connectivity index (χ2n) is 7.75. The van der Waals surface area contributed by atoms with Crippen molar-refractivity contribution in [2.45, 2.75) is 13.8 Å². The third-order valence-electron chi connectivity index (χ3n) is 5.74. The molecule has 2 heterocycles. The summed E-state index contributed by atoms with van der Waals surface area (Å²) in [6, 6.07) is 11.3. The van der Waals surface area contributed by atoms with Crippen LogP contribution >= 0.6 is 12.2 Å². The SMILES string of the molecule is COc1cc(N2CCOCC2)ccc1/C=C1/C(=O)NC(=S)N(c2ccc(C)c(C)c2)C1=O. The smallest absolute Gasteiger partial charge is 0.270 e. The second kappa shape index (κ2) is 9.10. The molecule has 0 aromatic heterocycles. The maximum Gasteiger partial charge on any atom is 0.270 e. The molecule has 166 valence electrons. The summed E-state index contributed by atoms with van der Waals surface area (Å²) in [7, 11) is 1.57. The Morgan fingerprint density at radius 1 is 1.03 bits per heavy atom. The number of carbonyl (C=O) groups is 2. The molecule has 32 heavy (non-hydrogen) atoms. The van der Waals surface area contributed by atoms with Gasteiger partial charge in [0.25, 0.3) is 11.8 Å². The van der Waals surface area contributed by atoms with Crippen molar-refractivity contribution in [2.24, 2.45) is 0 Å². The lowest BCUT2D eigenvalue weighted by Crippen LogP contribution is -2.54. The molecule has 0 spiro atoms. The molecule has 0 saturated carbocycles. The largest absolute Gasteiger partial charge is 0.496 e. The van der Waals surface area contributed by atoms with Crippen molar-refractivity contribution in [1.29, 1.82) is 0 Å². The molecule has 0 aliphatic carbocycles. The summed E-state index contributed by atoms with van der Waals surface area (Å²) in [5, 5.41) is 2.69. The molecule has 2 fully saturated rings. The predicted octanol–water partition coefficient (Wildman–Crippen LogP) is 2.98. The van der Waals surface area contributed by atoms with E-state index in [1.807, 2.05) is 50.2 Å². The van der Waals surface area contributed by atoms with E-state index in [9.17, 15) is 9.59 Å². The van der Waals surface area contributed by atoms with Crippen LogP contribution in [0.5, 0.6) is 5.75 Å². The zero-order valence-corrected chi connectivity index (χ0v) is 19.1. The first kappa shape index (κ1) is 22.0. The van der Waals surface area contributed by atoms with Gasteiger partial charge in [0.05, 0.1) is 26.0 Å². The third kappa shape index (κ3) is 4.24. The molecule has 2 aromatic carbocycles. The minimum atomic E-state index is -0.528. The van der Waals surface area contributed by atoms with Gasteiger partial charge in [0.15, 0.2) is 5.11 Å². The van der Waals surface area contributed by atoms with Crippen LogP contribution in [-0.4, -0.2) is 50.3 Å². The fourth-order valence-electron chi connectivity index (χ4n) is 3.75. The van der Waals surface area contributed by atoms with Gasteiger partial charge in [-0.15, -0.1) is 0 Å². The van der Waals surface area contributed by atoms with E-state index < -0.39 is 11.8 Å². The first-order valence-electron chi connectivity index (χ1n) is 10.4. The summed E-state index contributed by atoms with van der Waals surface area (Å²) < 4.78 is 11.0. The van der Waals surface area contributed by atoms with Crippen LogP contribution in [0.2, 0.25) is 0 Å². The number of anilines is 2. The Balaban J connectivity index is 1.68. The standard InChI is InChI=1S/C24H25N3O4S/c1-15-4-6-19(12-16(15)2)27-23(29)20(22(28)25-24(27)32)13-17-5-7-18(14-21(17)30-3)26-8-10-31-11-9-26/h4-7,12-14H,8-11H2,1-3H3,(H,25,28,32)/b20-13-. The van der Waals surface area contributed by atoms with Gasteiger partial charge in [-0.25, -0.2) is 0 Å². The molecule has 2 aliphatic rings. The number of nitrogens with zero attached hydrogens (tertiary/aromatic N) is 2. The third-order valence-corrected chi connectivity index (χ3v) is 6.03. The van der Waals surface area contributed by atoms with E-state index in [1.165, 1.54) is 4.90 Å². The van der Waals surface area contributed by atoms with Crippen LogP contribution in [0.3, 0.4) is 0 Å². The highest BCUT2D eigenvalue weighted by molar-refractivity contribution is 7.80. The number of methoxy groups -OCH3 is 1. The van der Waals surface area contributed by atoms with Crippen molar-refractivity contribution in [3.63, 3.8) is 0 Å². The average Bonchev–Trinajstić information content (AvgIpc) is 2.79. The number of hydrogen-bond donors (Lipinski definition) is 1. The lowest BCUT2D eigenvalue weighted by Gasteiger charge is -2.30. The number of carbonyl (C=O) groups excluding carboxylic acids is 2. The van der Waals surface area contributed by atoms with Crippen LogP contribution in [0.15, 0.2) is 42.0 Å². The first-order chi connectivity index (χ1) is 15.4. The summed E-state index contributed by atoms with van der Waals surface area (Å²) in [5.74, 6) is -0.423. The zero-order valence-electron chi connectivity index (χ0n) is 18.3. The molecule has 2 saturated heterocycles. The Hall–Kier alpha value is -3.23.